The number of nitrogens with one attached hydrogen (secondary N) is 2. The molecule has 1 rings (SSSR count). The Morgan fingerprint density at radius 3 is 2.94 bits per heavy atom. The second-order valence-electron chi connectivity index (χ2n) is 3.15. The number of hydrogen-bond donors (Lipinski definition) is 2. The minimum atomic E-state index is -0.0249. The normalized spacial score (nSPS) is 9.31. The van der Waals surface area contributed by atoms with Gasteiger partial charge in [0, 0.05) is 24.5 Å². The zero-order valence-corrected chi connectivity index (χ0v) is 10.5. The Hall–Kier alpha value is -1.54. The predicted octanol–water partition coefficient (Wildman–Crippen LogP) is 1.87. The number of nitrogens with zero attached hydrogens (tertiary/aromatic N) is 1. The lowest BCUT2D eigenvalue weighted by Gasteiger charge is -2.07. The molecule has 0 aliphatic heterocycles. The van der Waals surface area contributed by atoms with Crippen LogP contribution in [0.3, 0.4) is 0 Å². The Labute approximate surface area is 103 Å². The van der Waals surface area contributed by atoms with Gasteiger partial charge in [0.25, 0.3) is 0 Å². The first-order valence-corrected chi connectivity index (χ1v) is 5.60. The van der Waals surface area contributed by atoms with Crippen molar-refractivity contribution in [1.82, 2.24) is 5.32 Å². The van der Waals surface area contributed by atoms with Crippen LogP contribution >= 0.6 is 15.9 Å². The first-order chi connectivity index (χ1) is 7.67. The molecule has 0 unspecified atom stereocenters. The molecule has 0 fully saturated rings. The van der Waals surface area contributed by atoms with E-state index >= 15 is 0 Å². The molecule has 0 radical (unpaired) electrons. The van der Waals surface area contributed by atoms with E-state index in [1.54, 1.807) is 13.1 Å². The van der Waals surface area contributed by atoms with E-state index in [1.807, 2.05) is 12.1 Å². The molecule has 0 aromatic heterocycles. The van der Waals surface area contributed by atoms with E-state index in [2.05, 4.69) is 32.6 Å². The van der Waals surface area contributed by atoms with Crippen molar-refractivity contribution in [1.29, 1.82) is 5.26 Å². The van der Waals surface area contributed by atoms with Crippen molar-refractivity contribution in [2.75, 3.05) is 18.9 Å². The van der Waals surface area contributed by atoms with Crippen molar-refractivity contribution in [3.05, 3.63) is 28.2 Å². The zero-order valence-electron chi connectivity index (χ0n) is 8.88. The fourth-order valence-corrected chi connectivity index (χ4v) is 1.56. The molecule has 84 valence electrons. The third-order valence-corrected chi connectivity index (χ3v) is 2.54. The van der Waals surface area contributed by atoms with E-state index in [0.717, 1.165) is 10.2 Å². The third kappa shape index (κ3) is 3.55. The van der Waals surface area contributed by atoms with Crippen LogP contribution in [0.4, 0.5) is 5.69 Å². The maximum Gasteiger partial charge on any atom is 0.221 e. The lowest BCUT2D eigenvalue weighted by atomic mass is 10.2. The molecule has 1 amide bonds. The summed E-state index contributed by atoms with van der Waals surface area (Å²) in [6.45, 7) is 0.510. The van der Waals surface area contributed by atoms with E-state index in [1.165, 1.54) is 0 Å². The molecule has 1 aromatic carbocycles. The number of benzene rings is 1. The maximum atomic E-state index is 11.0. The largest absolute Gasteiger partial charge is 0.383 e. The van der Waals surface area contributed by atoms with Crippen LogP contribution in [0.1, 0.15) is 12.0 Å². The van der Waals surface area contributed by atoms with E-state index in [-0.39, 0.29) is 5.91 Å². The van der Waals surface area contributed by atoms with Gasteiger partial charge in [-0.2, -0.15) is 5.26 Å². The van der Waals surface area contributed by atoms with Gasteiger partial charge in [-0.1, -0.05) is 15.9 Å². The number of halogens is 1. The van der Waals surface area contributed by atoms with Crippen LogP contribution in [0, 0.1) is 11.3 Å². The fourth-order valence-electron chi connectivity index (χ4n) is 1.20. The molecule has 0 aliphatic rings. The van der Waals surface area contributed by atoms with Gasteiger partial charge in [-0.25, -0.2) is 0 Å². The number of rotatable bonds is 4. The summed E-state index contributed by atoms with van der Waals surface area (Å²) in [6, 6.07) is 7.50. The van der Waals surface area contributed by atoms with Crippen molar-refractivity contribution >= 4 is 27.5 Å². The highest BCUT2D eigenvalue weighted by atomic mass is 79.9. The van der Waals surface area contributed by atoms with Gasteiger partial charge in [0.15, 0.2) is 0 Å². The molecule has 4 nitrogen and oxygen atoms in total. The van der Waals surface area contributed by atoms with Gasteiger partial charge >= 0.3 is 0 Å². The Kier molecular flexibility index (Phi) is 4.80. The quantitative estimate of drug-likeness (QED) is 0.886. The summed E-state index contributed by atoms with van der Waals surface area (Å²) in [7, 11) is 1.60. The molecular formula is C11H12BrN3O. The monoisotopic (exact) mass is 281 g/mol. The standard InChI is InChI=1S/C11H12BrN3O/c1-14-11(16)4-5-15-10-3-2-9(12)6-8(10)7-13/h2-3,6,15H,4-5H2,1H3,(H,14,16). The number of nitriles is 1. The topological polar surface area (TPSA) is 64.9 Å². The van der Waals surface area contributed by atoms with Crippen LogP contribution < -0.4 is 10.6 Å². The summed E-state index contributed by atoms with van der Waals surface area (Å²) >= 11 is 3.30. The number of carbonyl (C=O) groups is 1. The average Bonchev–Trinajstić information content (AvgIpc) is 2.30. The average molecular weight is 282 g/mol. The molecule has 0 aliphatic carbocycles. The van der Waals surface area contributed by atoms with Crippen LogP contribution in [0.15, 0.2) is 22.7 Å². The molecule has 0 bridgehead atoms. The van der Waals surface area contributed by atoms with Crippen molar-refractivity contribution < 1.29 is 4.79 Å². The predicted molar refractivity (Wildman–Crippen MR) is 66.0 cm³/mol. The van der Waals surface area contributed by atoms with Crippen LogP contribution in [-0.2, 0) is 4.79 Å². The van der Waals surface area contributed by atoms with Gasteiger partial charge in [-0.15, -0.1) is 0 Å². The van der Waals surface area contributed by atoms with Crippen LogP contribution in [-0.4, -0.2) is 19.5 Å². The summed E-state index contributed by atoms with van der Waals surface area (Å²) in [6.07, 6.45) is 0.386. The summed E-state index contributed by atoms with van der Waals surface area (Å²) in [5.41, 5.74) is 1.31. The van der Waals surface area contributed by atoms with Gasteiger partial charge in [0.05, 0.1) is 11.3 Å². The number of carbonyl (C=O) groups excluding carboxylic acids is 1. The molecule has 0 saturated heterocycles. The zero-order chi connectivity index (χ0) is 12.0. The molecule has 0 atom stereocenters. The molecule has 0 heterocycles. The van der Waals surface area contributed by atoms with Crippen LogP contribution in [0.25, 0.3) is 0 Å². The van der Waals surface area contributed by atoms with Crippen LogP contribution in [0.2, 0.25) is 0 Å². The molecule has 0 spiro atoms. The minimum Gasteiger partial charge on any atom is -0.383 e. The Morgan fingerprint density at radius 2 is 2.31 bits per heavy atom. The SMILES string of the molecule is CNC(=O)CCNc1ccc(Br)cc1C#N. The van der Waals surface area contributed by atoms with E-state index in [9.17, 15) is 4.79 Å². The first-order valence-electron chi connectivity index (χ1n) is 4.81. The van der Waals surface area contributed by atoms with Crippen molar-refractivity contribution in [3.8, 4) is 6.07 Å². The molecular weight excluding hydrogens is 270 g/mol. The second kappa shape index (κ2) is 6.13. The van der Waals surface area contributed by atoms with Crippen molar-refractivity contribution in [2.24, 2.45) is 0 Å². The minimum absolute atomic E-state index is 0.0249. The highest BCUT2D eigenvalue weighted by Gasteiger charge is 2.03. The Balaban J connectivity index is 2.61. The molecule has 2 N–H and O–H groups in total. The van der Waals surface area contributed by atoms with Gasteiger partial charge in [-0.3, -0.25) is 4.79 Å². The van der Waals surface area contributed by atoms with E-state index < -0.39 is 0 Å². The Morgan fingerprint density at radius 1 is 1.56 bits per heavy atom. The van der Waals surface area contributed by atoms with Gasteiger partial charge < -0.3 is 10.6 Å². The summed E-state index contributed by atoms with van der Waals surface area (Å²) < 4.78 is 0.862. The summed E-state index contributed by atoms with van der Waals surface area (Å²) in [4.78, 5) is 11.0. The maximum absolute atomic E-state index is 11.0. The third-order valence-electron chi connectivity index (χ3n) is 2.05. The van der Waals surface area contributed by atoms with E-state index in [0.29, 0.717) is 18.5 Å². The second-order valence-corrected chi connectivity index (χ2v) is 4.07. The van der Waals surface area contributed by atoms with Gasteiger partial charge in [-0.05, 0) is 18.2 Å². The highest BCUT2D eigenvalue weighted by Crippen LogP contribution is 2.19. The summed E-state index contributed by atoms with van der Waals surface area (Å²) in [5, 5.41) is 14.5. The molecule has 5 heteroatoms. The van der Waals surface area contributed by atoms with Gasteiger partial charge in [0.1, 0.15) is 6.07 Å². The van der Waals surface area contributed by atoms with Crippen LogP contribution in [0.5, 0.6) is 0 Å². The molecule has 0 saturated carbocycles. The van der Waals surface area contributed by atoms with Crippen molar-refractivity contribution in [3.63, 3.8) is 0 Å². The summed E-state index contributed by atoms with van der Waals surface area (Å²) in [5.74, 6) is -0.0249. The lowest BCUT2D eigenvalue weighted by Crippen LogP contribution is -2.20. The Bertz CT molecular complexity index is 426. The first kappa shape index (κ1) is 12.5. The number of hydrogen-bond acceptors (Lipinski definition) is 3. The molecule has 1 aromatic rings. The van der Waals surface area contributed by atoms with Crippen molar-refractivity contribution in [2.45, 2.75) is 6.42 Å². The van der Waals surface area contributed by atoms with E-state index in [4.69, 9.17) is 5.26 Å². The molecule has 16 heavy (non-hydrogen) atoms. The smallest absolute Gasteiger partial charge is 0.221 e. The van der Waals surface area contributed by atoms with Gasteiger partial charge in [0.2, 0.25) is 5.91 Å². The number of amides is 1. The number of anilines is 1. The fraction of sp³-hybridized carbons (Fsp3) is 0.273. The highest BCUT2D eigenvalue weighted by molar-refractivity contribution is 9.10. The lowest BCUT2D eigenvalue weighted by molar-refractivity contribution is -0.120.